The molecular formula is C24H24N4O3S. The molecule has 0 fully saturated rings. The summed E-state index contributed by atoms with van der Waals surface area (Å²) in [5.74, 6) is 0.343. The van der Waals surface area contributed by atoms with E-state index in [1.54, 1.807) is 31.4 Å². The van der Waals surface area contributed by atoms with Crippen LogP contribution in [-0.2, 0) is 6.54 Å². The summed E-state index contributed by atoms with van der Waals surface area (Å²) in [4.78, 5) is 26.4. The first-order valence-corrected chi connectivity index (χ1v) is 11.1. The van der Waals surface area contributed by atoms with Gasteiger partial charge in [0.15, 0.2) is 0 Å². The molecule has 2 aromatic heterocycles. The molecule has 4 aromatic rings. The summed E-state index contributed by atoms with van der Waals surface area (Å²) < 4.78 is 7.03. The quantitative estimate of drug-likeness (QED) is 0.403. The molecule has 2 amide bonds. The Kier molecular flexibility index (Phi) is 6.51. The number of carbonyl (C=O) groups excluding carboxylic acids is 2. The first-order valence-electron chi connectivity index (χ1n) is 10.3. The van der Waals surface area contributed by atoms with Gasteiger partial charge in [-0.15, -0.1) is 11.3 Å². The van der Waals surface area contributed by atoms with Crippen LogP contribution in [-0.4, -0.2) is 41.8 Å². The third-order valence-electron chi connectivity index (χ3n) is 5.05. The van der Waals surface area contributed by atoms with Gasteiger partial charge >= 0.3 is 0 Å². The number of benzene rings is 2. The summed E-state index contributed by atoms with van der Waals surface area (Å²) in [7, 11) is 1.58. The van der Waals surface area contributed by atoms with Crippen LogP contribution in [0, 0.1) is 6.92 Å². The number of ether oxygens (including phenoxy) is 1. The first-order chi connectivity index (χ1) is 15.5. The van der Waals surface area contributed by atoms with E-state index in [2.05, 4.69) is 27.9 Å². The molecule has 0 aliphatic carbocycles. The Balaban J connectivity index is 1.33. The van der Waals surface area contributed by atoms with Crippen LogP contribution in [0.25, 0.3) is 10.2 Å². The number of nitrogens with one attached hydrogen (secondary N) is 2. The minimum absolute atomic E-state index is 0.157. The number of thiophene rings is 1. The molecule has 2 aromatic carbocycles. The van der Waals surface area contributed by atoms with Gasteiger partial charge in [-0.1, -0.05) is 30.3 Å². The zero-order valence-electron chi connectivity index (χ0n) is 17.9. The number of fused-ring (bicyclic) bond motifs is 1. The lowest BCUT2D eigenvalue weighted by Crippen LogP contribution is -2.34. The van der Waals surface area contributed by atoms with Crippen LogP contribution >= 0.6 is 11.3 Å². The average Bonchev–Trinajstić information content (AvgIpc) is 3.38. The number of rotatable bonds is 8. The van der Waals surface area contributed by atoms with E-state index in [0.29, 0.717) is 35.8 Å². The van der Waals surface area contributed by atoms with E-state index >= 15 is 0 Å². The van der Waals surface area contributed by atoms with Gasteiger partial charge in [0, 0.05) is 24.0 Å². The second-order valence-electron chi connectivity index (χ2n) is 7.30. The second-order valence-corrected chi connectivity index (χ2v) is 8.33. The fourth-order valence-electron chi connectivity index (χ4n) is 3.37. The van der Waals surface area contributed by atoms with Crippen LogP contribution in [0.2, 0.25) is 0 Å². The largest absolute Gasteiger partial charge is 0.497 e. The molecular weight excluding hydrogens is 424 g/mol. The highest BCUT2D eigenvalue weighted by atomic mass is 32.1. The van der Waals surface area contributed by atoms with Gasteiger partial charge in [-0.3, -0.25) is 14.3 Å². The summed E-state index contributed by atoms with van der Waals surface area (Å²) in [6.07, 6.45) is 0. The molecule has 2 N–H and O–H groups in total. The van der Waals surface area contributed by atoms with Crippen molar-refractivity contribution >= 4 is 33.4 Å². The maximum Gasteiger partial charge on any atom is 0.261 e. The van der Waals surface area contributed by atoms with Gasteiger partial charge in [-0.05, 0) is 42.8 Å². The highest BCUT2D eigenvalue weighted by Crippen LogP contribution is 2.28. The molecule has 0 aliphatic rings. The normalized spacial score (nSPS) is 10.8. The molecule has 2 heterocycles. The predicted octanol–water partition coefficient (Wildman–Crippen LogP) is 3.62. The van der Waals surface area contributed by atoms with Crippen molar-refractivity contribution in [1.29, 1.82) is 0 Å². The van der Waals surface area contributed by atoms with Crippen molar-refractivity contribution in [3.63, 3.8) is 0 Å². The minimum atomic E-state index is -0.194. The lowest BCUT2D eigenvalue weighted by molar-refractivity contribution is 0.0929. The number of amides is 2. The SMILES string of the molecule is COc1ccc(C(=O)NCCNC(=O)c2cc3c(C)nn(Cc4ccccc4)c3s2)cc1. The molecule has 0 saturated carbocycles. The van der Waals surface area contributed by atoms with E-state index in [1.807, 2.05) is 35.9 Å². The molecule has 0 spiro atoms. The topological polar surface area (TPSA) is 85.2 Å². The van der Waals surface area contributed by atoms with Gasteiger partial charge in [0.2, 0.25) is 0 Å². The Morgan fingerprint density at radius 3 is 2.38 bits per heavy atom. The number of hydrogen-bond acceptors (Lipinski definition) is 5. The van der Waals surface area contributed by atoms with Gasteiger partial charge in [0.1, 0.15) is 10.6 Å². The number of nitrogens with zero attached hydrogens (tertiary/aromatic N) is 2. The van der Waals surface area contributed by atoms with Crippen molar-refractivity contribution in [2.45, 2.75) is 13.5 Å². The van der Waals surface area contributed by atoms with Gasteiger partial charge in [-0.25, -0.2) is 0 Å². The number of aryl methyl sites for hydroxylation is 1. The van der Waals surface area contributed by atoms with E-state index in [-0.39, 0.29) is 11.8 Å². The van der Waals surface area contributed by atoms with Crippen molar-refractivity contribution in [3.05, 3.63) is 82.4 Å². The maximum atomic E-state index is 12.6. The Labute approximate surface area is 190 Å². The fraction of sp³-hybridized carbons (Fsp3) is 0.208. The van der Waals surface area contributed by atoms with E-state index in [4.69, 9.17) is 4.74 Å². The summed E-state index contributed by atoms with van der Waals surface area (Å²) in [6, 6.07) is 18.9. The summed E-state index contributed by atoms with van der Waals surface area (Å²) in [5.41, 5.74) is 2.60. The van der Waals surface area contributed by atoms with Gasteiger partial charge < -0.3 is 15.4 Å². The third kappa shape index (κ3) is 4.81. The van der Waals surface area contributed by atoms with Crippen molar-refractivity contribution in [1.82, 2.24) is 20.4 Å². The van der Waals surface area contributed by atoms with E-state index in [9.17, 15) is 9.59 Å². The predicted molar refractivity (Wildman–Crippen MR) is 126 cm³/mol. The molecule has 0 bridgehead atoms. The van der Waals surface area contributed by atoms with E-state index < -0.39 is 0 Å². The molecule has 0 radical (unpaired) electrons. The average molecular weight is 449 g/mol. The van der Waals surface area contributed by atoms with Crippen LogP contribution in [0.3, 0.4) is 0 Å². The van der Waals surface area contributed by atoms with Crippen LogP contribution in [0.15, 0.2) is 60.7 Å². The van der Waals surface area contributed by atoms with Crippen LogP contribution < -0.4 is 15.4 Å². The Morgan fingerprint density at radius 1 is 1.00 bits per heavy atom. The van der Waals surface area contributed by atoms with Crippen LogP contribution in [0.4, 0.5) is 0 Å². The van der Waals surface area contributed by atoms with Crippen molar-refractivity contribution in [2.24, 2.45) is 0 Å². The molecule has 8 heteroatoms. The lowest BCUT2D eigenvalue weighted by Gasteiger charge is -2.07. The van der Waals surface area contributed by atoms with Gasteiger partial charge in [-0.2, -0.15) is 5.10 Å². The molecule has 32 heavy (non-hydrogen) atoms. The zero-order valence-corrected chi connectivity index (χ0v) is 18.7. The summed E-state index contributed by atoms with van der Waals surface area (Å²) in [5, 5.41) is 11.3. The second kappa shape index (κ2) is 9.65. The molecule has 7 nitrogen and oxygen atoms in total. The lowest BCUT2D eigenvalue weighted by atomic mass is 10.2. The molecule has 164 valence electrons. The Morgan fingerprint density at radius 2 is 1.69 bits per heavy atom. The fourth-order valence-corrected chi connectivity index (χ4v) is 4.45. The van der Waals surface area contributed by atoms with Gasteiger partial charge in [0.25, 0.3) is 11.8 Å². The van der Waals surface area contributed by atoms with E-state index in [0.717, 1.165) is 21.5 Å². The zero-order chi connectivity index (χ0) is 22.5. The van der Waals surface area contributed by atoms with Gasteiger partial charge in [0.05, 0.1) is 24.2 Å². The monoisotopic (exact) mass is 448 g/mol. The van der Waals surface area contributed by atoms with Crippen LogP contribution in [0.5, 0.6) is 5.75 Å². The molecule has 0 unspecified atom stereocenters. The summed E-state index contributed by atoms with van der Waals surface area (Å²) >= 11 is 1.43. The molecule has 0 atom stereocenters. The molecule has 0 saturated heterocycles. The summed E-state index contributed by atoms with van der Waals surface area (Å²) in [6.45, 7) is 3.28. The number of hydrogen-bond donors (Lipinski definition) is 2. The van der Waals surface area contributed by atoms with E-state index in [1.165, 1.54) is 11.3 Å². The third-order valence-corrected chi connectivity index (χ3v) is 6.20. The highest BCUT2D eigenvalue weighted by Gasteiger charge is 2.16. The standard InChI is InChI=1S/C24H24N4O3S/c1-16-20-14-21(32-24(20)28(27-16)15-17-6-4-3-5-7-17)23(30)26-13-12-25-22(29)18-8-10-19(31-2)11-9-18/h3-11,14H,12-13,15H2,1-2H3,(H,25,29)(H,26,30). The molecule has 4 rings (SSSR count). The number of carbonyl (C=O) groups is 2. The van der Waals surface area contributed by atoms with Crippen molar-refractivity contribution in [3.8, 4) is 5.75 Å². The highest BCUT2D eigenvalue weighted by molar-refractivity contribution is 7.20. The minimum Gasteiger partial charge on any atom is -0.497 e. The molecule has 0 aliphatic heterocycles. The number of aromatic nitrogens is 2. The maximum absolute atomic E-state index is 12.6. The Hall–Kier alpha value is -3.65. The van der Waals surface area contributed by atoms with Crippen molar-refractivity contribution in [2.75, 3.05) is 20.2 Å². The van der Waals surface area contributed by atoms with Crippen molar-refractivity contribution < 1.29 is 14.3 Å². The number of methoxy groups -OCH3 is 1. The smallest absolute Gasteiger partial charge is 0.261 e. The first kappa shape index (κ1) is 21.6. The van der Waals surface area contributed by atoms with Crippen LogP contribution in [0.1, 0.15) is 31.3 Å². The Bertz CT molecular complexity index is 1230.